The normalized spacial score (nSPS) is 11.9. The van der Waals surface area contributed by atoms with Crippen LogP contribution >= 0.6 is 27.5 Å². The molecule has 1 unspecified atom stereocenters. The highest BCUT2D eigenvalue weighted by Crippen LogP contribution is 2.33. The van der Waals surface area contributed by atoms with E-state index in [1.54, 1.807) is 6.07 Å². The Labute approximate surface area is 221 Å². The van der Waals surface area contributed by atoms with Gasteiger partial charge in [-0.15, -0.1) is 0 Å². The van der Waals surface area contributed by atoms with Crippen LogP contribution in [0.4, 0.5) is 4.39 Å². The van der Waals surface area contributed by atoms with Crippen LogP contribution in [0, 0.1) is 12.7 Å². The molecular formula is C28H23BrClFN2O3. The first-order chi connectivity index (χ1) is 17.3. The van der Waals surface area contributed by atoms with Crippen molar-refractivity contribution in [2.45, 2.75) is 25.7 Å². The van der Waals surface area contributed by atoms with Crippen LogP contribution < -0.4 is 5.32 Å². The van der Waals surface area contributed by atoms with Gasteiger partial charge in [0.25, 0.3) is 5.91 Å². The number of amides is 1. The van der Waals surface area contributed by atoms with Crippen molar-refractivity contribution in [3.63, 3.8) is 0 Å². The number of hydrogen-bond acceptors (Lipinski definition) is 3. The number of carbonyl (C=O) groups excluding carboxylic acids is 1. The molecule has 0 radical (unpaired) electrons. The number of fused-ring (bicyclic) bond motifs is 1. The number of pyridine rings is 1. The van der Waals surface area contributed by atoms with Gasteiger partial charge in [-0.05, 0) is 49.2 Å². The number of carboxylic acids is 1. The van der Waals surface area contributed by atoms with Crippen LogP contribution in [-0.2, 0) is 4.79 Å². The highest BCUT2D eigenvalue weighted by atomic mass is 79.9. The van der Waals surface area contributed by atoms with Crippen molar-refractivity contribution in [1.29, 1.82) is 0 Å². The smallest absolute Gasteiger partial charge is 0.303 e. The number of carboxylic acid groups (broad SMARTS) is 1. The molecule has 36 heavy (non-hydrogen) atoms. The van der Waals surface area contributed by atoms with Gasteiger partial charge in [-0.2, -0.15) is 0 Å². The van der Waals surface area contributed by atoms with E-state index in [0.29, 0.717) is 27.7 Å². The Morgan fingerprint density at radius 2 is 1.86 bits per heavy atom. The highest BCUT2D eigenvalue weighted by Gasteiger charge is 2.24. The molecule has 1 amide bonds. The van der Waals surface area contributed by atoms with Gasteiger partial charge < -0.3 is 10.4 Å². The minimum absolute atomic E-state index is 0.0185. The number of carbonyl (C=O) groups is 2. The van der Waals surface area contributed by atoms with Crippen molar-refractivity contribution in [1.82, 2.24) is 10.3 Å². The second-order valence-corrected chi connectivity index (χ2v) is 9.79. The summed E-state index contributed by atoms with van der Waals surface area (Å²) in [5, 5.41) is 13.0. The van der Waals surface area contributed by atoms with Crippen LogP contribution in [0.1, 0.15) is 40.2 Å². The molecule has 0 saturated carbocycles. The van der Waals surface area contributed by atoms with E-state index in [0.717, 1.165) is 10.0 Å². The van der Waals surface area contributed by atoms with E-state index in [1.165, 1.54) is 12.1 Å². The van der Waals surface area contributed by atoms with Gasteiger partial charge in [0.2, 0.25) is 0 Å². The monoisotopic (exact) mass is 568 g/mol. The van der Waals surface area contributed by atoms with Crippen LogP contribution in [0.5, 0.6) is 0 Å². The van der Waals surface area contributed by atoms with Crippen LogP contribution in [-0.4, -0.2) is 28.5 Å². The number of aliphatic carboxylic acids is 1. The third-order valence-electron chi connectivity index (χ3n) is 6.09. The van der Waals surface area contributed by atoms with Gasteiger partial charge in [0.05, 0.1) is 16.8 Å². The van der Waals surface area contributed by atoms with E-state index in [1.807, 2.05) is 55.5 Å². The van der Waals surface area contributed by atoms with Crippen molar-refractivity contribution in [3.8, 4) is 11.3 Å². The fourth-order valence-corrected chi connectivity index (χ4v) is 5.03. The minimum Gasteiger partial charge on any atom is -0.481 e. The topological polar surface area (TPSA) is 79.3 Å². The lowest BCUT2D eigenvalue weighted by atomic mass is 9.92. The number of rotatable bonds is 8. The predicted molar refractivity (Wildman–Crippen MR) is 143 cm³/mol. The summed E-state index contributed by atoms with van der Waals surface area (Å²) in [7, 11) is 0. The molecule has 0 aliphatic heterocycles. The van der Waals surface area contributed by atoms with E-state index < -0.39 is 17.7 Å². The van der Waals surface area contributed by atoms with Gasteiger partial charge in [0.15, 0.2) is 0 Å². The lowest BCUT2D eigenvalue weighted by Crippen LogP contribution is -2.30. The van der Waals surface area contributed by atoms with Gasteiger partial charge in [-0.25, -0.2) is 9.37 Å². The molecule has 5 nitrogen and oxygen atoms in total. The van der Waals surface area contributed by atoms with Crippen LogP contribution in [0.2, 0.25) is 5.02 Å². The zero-order valence-electron chi connectivity index (χ0n) is 19.4. The van der Waals surface area contributed by atoms with Crippen molar-refractivity contribution in [2.75, 3.05) is 6.54 Å². The summed E-state index contributed by atoms with van der Waals surface area (Å²) >= 11 is 9.74. The average molecular weight is 570 g/mol. The first kappa shape index (κ1) is 25.8. The van der Waals surface area contributed by atoms with Crippen LogP contribution in [0.3, 0.4) is 0 Å². The number of halogens is 3. The van der Waals surface area contributed by atoms with Crippen molar-refractivity contribution >= 4 is 50.3 Å². The molecule has 2 N–H and O–H groups in total. The third kappa shape index (κ3) is 5.58. The number of benzene rings is 3. The standard InChI is InChI=1S/C28H23BrClFN2O3/c1-16-25(20-14-19(29)11-12-23(20)33-27(16)17-6-3-2-4-7-17)28(36)32-15-18(10-13-24(34)35)26-21(30)8-5-9-22(26)31/h2-9,11-12,14,18H,10,13,15H2,1H3,(H,32,36)(H,34,35). The second kappa shape index (κ2) is 11.2. The second-order valence-electron chi connectivity index (χ2n) is 8.46. The number of nitrogens with one attached hydrogen (secondary N) is 1. The lowest BCUT2D eigenvalue weighted by Gasteiger charge is -2.21. The Morgan fingerprint density at radius 3 is 2.56 bits per heavy atom. The molecule has 4 rings (SSSR count). The van der Waals surface area contributed by atoms with Crippen LogP contribution in [0.25, 0.3) is 22.2 Å². The third-order valence-corrected chi connectivity index (χ3v) is 6.91. The summed E-state index contributed by atoms with van der Waals surface area (Å²) in [6.07, 6.45) is -0.0688. The summed E-state index contributed by atoms with van der Waals surface area (Å²) in [6, 6.07) is 19.5. The SMILES string of the molecule is Cc1c(-c2ccccc2)nc2ccc(Br)cc2c1C(=O)NCC(CCC(=O)O)c1c(F)cccc1Cl. The summed E-state index contributed by atoms with van der Waals surface area (Å²) < 4.78 is 15.5. The molecule has 0 aliphatic carbocycles. The molecular weight excluding hydrogens is 547 g/mol. The summed E-state index contributed by atoms with van der Waals surface area (Å²) in [4.78, 5) is 29.7. The number of nitrogens with zero attached hydrogens (tertiary/aromatic N) is 1. The van der Waals surface area contributed by atoms with Gasteiger partial charge >= 0.3 is 5.97 Å². The molecule has 1 atom stereocenters. The quantitative estimate of drug-likeness (QED) is 0.236. The van der Waals surface area contributed by atoms with E-state index in [9.17, 15) is 19.1 Å². The zero-order chi connectivity index (χ0) is 25.8. The molecule has 0 spiro atoms. The molecule has 0 aliphatic rings. The molecule has 3 aromatic carbocycles. The first-order valence-electron chi connectivity index (χ1n) is 11.4. The van der Waals surface area contributed by atoms with Gasteiger partial charge in [-0.1, -0.05) is 63.9 Å². The van der Waals surface area contributed by atoms with Gasteiger partial charge in [-0.3, -0.25) is 9.59 Å². The molecule has 4 aromatic rings. The predicted octanol–water partition coefficient (Wildman–Crippen LogP) is 7.14. The van der Waals surface area contributed by atoms with E-state index in [4.69, 9.17) is 16.6 Å². The fraction of sp³-hybridized carbons (Fsp3) is 0.179. The van der Waals surface area contributed by atoms with E-state index >= 15 is 0 Å². The Balaban J connectivity index is 1.73. The molecule has 0 saturated heterocycles. The summed E-state index contributed by atoms with van der Waals surface area (Å²) in [5.41, 5.74) is 3.59. The Kier molecular flexibility index (Phi) is 8.01. The largest absolute Gasteiger partial charge is 0.481 e. The molecule has 184 valence electrons. The Morgan fingerprint density at radius 1 is 1.11 bits per heavy atom. The van der Waals surface area contributed by atoms with Gasteiger partial charge in [0, 0.05) is 44.9 Å². The maximum atomic E-state index is 14.7. The first-order valence-corrected chi connectivity index (χ1v) is 12.5. The van der Waals surface area contributed by atoms with Gasteiger partial charge in [0.1, 0.15) is 5.82 Å². The fourth-order valence-electron chi connectivity index (χ4n) is 4.35. The summed E-state index contributed by atoms with van der Waals surface area (Å²) in [6.45, 7) is 1.87. The molecule has 8 heteroatoms. The highest BCUT2D eigenvalue weighted by molar-refractivity contribution is 9.10. The molecule has 0 fully saturated rings. The maximum Gasteiger partial charge on any atom is 0.303 e. The van der Waals surface area contributed by atoms with Crippen LogP contribution in [0.15, 0.2) is 71.2 Å². The molecule has 1 heterocycles. The molecule has 0 bridgehead atoms. The minimum atomic E-state index is -1.01. The van der Waals surface area contributed by atoms with E-state index in [2.05, 4.69) is 21.2 Å². The van der Waals surface area contributed by atoms with Crippen molar-refractivity contribution in [3.05, 3.63) is 98.7 Å². The Hall–Kier alpha value is -3.29. The van der Waals surface area contributed by atoms with E-state index in [-0.39, 0.29) is 35.9 Å². The Bertz CT molecular complexity index is 1430. The van der Waals surface area contributed by atoms with Crippen molar-refractivity contribution < 1.29 is 19.1 Å². The maximum absolute atomic E-state index is 14.7. The lowest BCUT2D eigenvalue weighted by molar-refractivity contribution is -0.137. The number of hydrogen-bond donors (Lipinski definition) is 2. The summed E-state index contributed by atoms with van der Waals surface area (Å²) in [5.74, 6) is -2.52. The van der Waals surface area contributed by atoms with Crippen molar-refractivity contribution in [2.24, 2.45) is 0 Å². The molecule has 1 aromatic heterocycles. The average Bonchev–Trinajstić information content (AvgIpc) is 2.85. The zero-order valence-corrected chi connectivity index (χ0v) is 21.7. The number of aromatic nitrogens is 1.